The Balaban J connectivity index is 1.43. The van der Waals surface area contributed by atoms with Gasteiger partial charge in [0.1, 0.15) is 11.6 Å². The van der Waals surface area contributed by atoms with E-state index in [1.165, 1.54) is 7.11 Å². The molecule has 174 valence electrons. The number of amides is 3. The first kappa shape index (κ1) is 22.5. The molecule has 0 spiro atoms. The van der Waals surface area contributed by atoms with Crippen molar-refractivity contribution in [1.82, 2.24) is 10.5 Å². The van der Waals surface area contributed by atoms with Crippen LogP contribution in [0.2, 0.25) is 0 Å². The Hall–Kier alpha value is -4.67. The highest BCUT2D eigenvalue weighted by Crippen LogP contribution is 2.32. The molecule has 0 aliphatic rings. The predicted molar refractivity (Wildman–Crippen MR) is 122 cm³/mol. The van der Waals surface area contributed by atoms with E-state index in [1.807, 2.05) is 0 Å². The number of halogens is 2. The van der Waals surface area contributed by atoms with Gasteiger partial charge in [0.2, 0.25) is 5.58 Å². The number of hydrogen-bond acceptors (Lipinski definition) is 6. The molecule has 0 bridgehead atoms. The number of nitrogens with two attached hydrogens (primary N) is 1. The molecule has 0 unspecified atom stereocenters. The minimum atomic E-state index is -0.762. The summed E-state index contributed by atoms with van der Waals surface area (Å²) in [7, 11) is 1.46. The smallest absolute Gasteiger partial charge is 0.319 e. The number of urea groups is 1. The summed E-state index contributed by atoms with van der Waals surface area (Å²) in [5.74, 6) is -1.45. The van der Waals surface area contributed by atoms with E-state index in [-0.39, 0.29) is 29.2 Å². The number of carbonyl (C=O) groups excluding carboxylic acids is 2. The third-order valence-corrected chi connectivity index (χ3v) is 4.89. The van der Waals surface area contributed by atoms with Gasteiger partial charge < -0.3 is 30.9 Å². The van der Waals surface area contributed by atoms with E-state index >= 15 is 0 Å². The summed E-state index contributed by atoms with van der Waals surface area (Å²) in [5.41, 5.74) is 7.19. The first-order valence-electron chi connectivity index (χ1n) is 9.97. The zero-order chi connectivity index (χ0) is 24.2. The second-order valence-electron chi connectivity index (χ2n) is 7.17. The molecule has 0 saturated heterocycles. The molecule has 0 atom stereocenters. The highest BCUT2D eigenvalue weighted by Gasteiger charge is 2.20. The number of benzene rings is 3. The lowest BCUT2D eigenvalue weighted by molar-refractivity contribution is 0.102. The van der Waals surface area contributed by atoms with E-state index in [9.17, 15) is 18.4 Å². The lowest BCUT2D eigenvalue weighted by Crippen LogP contribution is -2.28. The molecule has 0 saturated carbocycles. The summed E-state index contributed by atoms with van der Waals surface area (Å²) in [6, 6.07) is 11.9. The van der Waals surface area contributed by atoms with Crippen LogP contribution in [0.1, 0.15) is 15.9 Å². The van der Waals surface area contributed by atoms with Crippen LogP contribution in [0.4, 0.5) is 30.8 Å². The van der Waals surface area contributed by atoms with Gasteiger partial charge in [-0.2, -0.15) is 0 Å². The fourth-order valence-corrected chi connectivity index (χ4v) is 3.30. The molecule has 0 radical (unpaired) electrons. The van der Waals surface area contributed by atoms with Crippen LogP contribution in [0.25, 0.3) is 11.0 Å². The van der Waals surface area contributed by atoms with Crippen molar-refractivity contribution in [2.75, 3.05) is 23.5 Å². The molecule has 9 nitrogen and oxygen atoms in total. The number of methoxy groups -OCH3 is 1. The Morgan fingerprint density at radius 1 is 1.09 bits per heavy atom. The van der Waals surface area contributed by atoms with Crippen LogP contribution in [0.15, 0.2) is 59.1 Å². The fraction of sp³-hybridized carbons (Fsp3) is 0.0870. The second-order valence-corrected chi connectivity index (χ2v) is 7.17. The Bertz CT molecular complexity index is 1390. The van der Waals surface area contributed by atoms with Gasteiger partial charge in [-0.05, 0) is 42.0 Å². The van der Waals surface area contributed by atoms with E-state index in [0.29, 0.717) is 22.4 Å². The zero-order valence-electron chi connectivity index (χ0n) is 17.8. The summed E-state index contributed by atoms with van der Waals surface area (Å²) in [4.78, 5) is 25.0. The number of nitrogens with zero attached hydrogens (tertiary/aromatic N) is 1. The van der Waals surface area contributed by atoms with Gasteiger partial charge in [-0.3, -0.25) is 4.79 Å². The molecule has 3 amide bonds. The average Bonchev–Trinajstić information content (AvgIpc) is 3.21. The van der Waals surface area contributed by atoms with Gasteiger partial charge in [-0.1, -0.05) is 17.3 Å². The zero-order valence-corrected chi connectivity index (χ0v) is 17.8. The van der Waals surface area contributed by atoms with Crippen molar-refractivity contribution in [2.45, 2.75) is 6.54 Å². The molecular formula is C23H19F2N5O4. The Morgan fingerprint density at radius 2 is 1.91 bits per heavy atom. The van der Waals surface area contributed by atoms with E-state index < -0.39 is 23.6 Å². The number of hydrogen-bond donors (Lipinski definition) is 4. The van der Waals surface area contributed by atoms with Crippen LogP contribution in [0, 0.1) is 11.6 Å². The molecule has 34 heavy (non-hydrogen) atoms. The number of rotatable bonds is 6. The SMILES string of the molecule is COc1ccc(C(=O)Nc2cccc(CNC(=O)Nc3cc(F)ccc3F)c2)c2c(N)noc12. The summed E-state index contributed by atoms with van der Waals surface area (Å²) < 4.78 is 37.3. The summed E-state index contributed by atoms with van der Waals surface area (Å²) in [6.45, 7) is 0.0673. The summed E-state index contributed by atoms with van der Waals surface area (Å²) in [5, 5.41) is 11.6. The standard InChI is InChI=1S/C23H19F2N5O4/c1-33-18-8-6-15(19-20(18)34-30-21(19)26)22(31)28-14-4-2-3-12(9-14)11-27-23(32)29-17-10-13(24)5-7-16(17)25/h2-10H,11H2,1H3,(H2,26,30)(H,28,31)(H2,27,29,32). The summed E-state index contributed by atoms with van der Waals surface area (Å²) in [6.07, 6.45) is 0. The number of aromatic nitrogens is 1. The maximum atomic E-state index is 13.7. The largest absolute Gasteiger partial charge is 0.493 e. The molecule has 4 rings (SSSR count). The highest BCUT2D eigenvalue weighted by atomic mass is 19.1. The van der Waals surface area contributed by atoms with Gasteiger partial charge >= 0.3 is 6.03 Å². The van der Waals surface area contributed by atoms with Gasteiger partial charge in [-0.15, -0.1) is 0 Å². The molecule has 0 aliphatic carbocycles. The Kier molecular flexibility index (Phi) is 6.26. The van der Waals surface area contributed by atoms with Gasteiger partial charge in [0, 0.05) is 18.3 Å². The lowest BCUT2D eigenvalue weighted by atomic mass is 10.1. The van der Waals surface area contributed by atoms with Crippen LogP contribution in [0.3, 0.4) is 0 Å². The molecule has 1 heterocycles. The summed E-state index contributed by atoms with van der Waals surface area (Å²) >= 11 is 0. The van der Waals surface area contributed by atoms with Gasteiger partial charge in [0.05, 0.1) is 23.7 Å². The van der Waals surface area contributed by atoms with Crippen molar-refractivity contribution in [3.05, 3.63) is 77.4 Å². The van der Waals surface area contributed by atoms with E-state index in [2.05, 4.69) is 21.1 Å². The number of ether oxygens (including phenoxy) is 1. The molecule has 11 heteroatoms. The predicted octanol–water partition coefficient (Wildman–Crippen LogP) is 4.27. The van der Waals surface area contributed by atoms with Gasteiger partial charge in [0.15, 0.2) is 11.6 Å². The van der Waals surface area contributed by atoms with E-state index in [0.717, 1.165) is 18.2 Å². The number of fused-ring (bicyclic) bond motifs is 1. The minimum Gasteiger partial charge on any atom is -0.493 e. The number of nitrogen functional groups attached to an aromatic ring is 1. The van der Waals surface area contributed by atoms with E-state index in [1.54, 1.807) is 36.4 Å². The second kappa shape index (κ2) is 9.45. The Morgan fingerprint density at radius 3 is 2.71 bits per heavy atom. The van der Waals surface area contributed by atoms with Crippen LogP contribution in [0.5, 0.6) is 5.75 Å². The maximum absolute atomic E-state index is 13.7. The topological polar surface area (TPSA) is 132 Å². The molecule has 5 N–H and O–H groups in total. The average molecular weight is 467 g/mol. The van der Waals surface area contributed by atoms with Crippen LogP contribution < -0.4 is 26.4 Å². The first-order chi connectivity index (χ1) is 16.4. The quantitative estimate of drug-likeness (QED) is 0.335. The molecule has 0 fully saturated rings. The molecule has 0 aliphatic heterocycles. The van der Waals surface area contributed by atoms with Crippen molar-refractivity contribution in [3.63, 3.8) is 0 Å². The molecule has 4 aromatic rings. The molecular weight excluding hydrogens is 448 g/mol. The fourth-order valence-electron chi connectivity index (χ4n) is 3.30. The maximum Gasteiger partial charge on any atom is 0.319 e. The molecule has 3 aromatic carbocycles. The van der Waals surface area contributed by atoms with Crippen molar-refractivity contribution < 1.29 is 27.6 Å². The number of nitrogens with one attached hydrogen (secondary N) is 3. The first-order valence-corrected chi connectivity index (χ1v) is 9.97. The van der Waals surface area contributed by atoms with Crippen molar-refractivity contribution in [1.29, 1.82) is 0 Å². The van der Waals surface area contributed by atoms with Crippen LogP contribution in [-0.4, -0.2) is 24.2 Å². The highest BCUT2D eigenvalue weighted by molar-refractivity contribution is 6.15. The Labute approximate surface area is 191 Å². The minimum absolute atomic E-state index is 0.0535. The van der Waals surface area contributed by atoms with Crippen LogP contribution in [-0.2, 0) is 6.54 Å². The lowest BCUT2D eigenvalue weighted by Gasteiger charge is -2.11. The number of anilines is 3. The monoisotopic (exact) mass is 467 g/mol. The third kappa shape index (κ3) is 4.72. The van der Waals surface area contributed by atoms with Crippen LogP contribution >= 0.6 is 0 Å². The number of carbonyl (C=O) groups is 2. The van der Waals surface area contributed by atoms with Crippen molar-refractivity contribution in [3.8, 4) is 5.75 Å². The van der Waals surface area contributed by atoms with Crippen molar-refractivity contribution >= 4 is 40.1 Å². The van der Waals surface area contributed by atoms with E-state index in [4.69, 9.17) is 15.0 Å². The normalized spacial score (nSPS) is 10.7. The third-order valence-electron chi connectivity index (χ3n) is 4.89. The molecule has 1 aromatic heterocycles. The van der Waals surface area contributed by atoms with Gasteiger partial charge in [-0.25, -0.2) is 13.6 Å². The van der Waals surface area contributed by atoms with Crippen molar-refractivity contribution in [2.24, 2.45) is 0 Å². The van der Waals surface area contributed by atoms with Gasteiger partial charge in [0.25, 0.3) is 5.91 Å².